The number of anilines is 1. The van der Waals surface area contributed by atoms with E-state index in [1.165, 1.54) is 13.2 Å². The Morgan fingerprint density at radius 1 is 1.25 bits per heavy atom. The zero-order valence-corrected chi connectivity index (χ0v) is 11.1. The van der Waals surface area contributed by atoms with Crippen molar-refractivity contribution in [2.45, 2.75) is 13.0 Å². The molecule has 2 aromatic rings. The lowest BCUT2D eigenvalue weighted by molar-refractivity contribution is -0.383. The summed E-state index contributed by atoms with van der Waals surface area (Å²) in [5.74, 6) is -0.396. The Kier molecular flexibility index (Phi) is 3.84. The van der Waals surface area contributed by atoms with E-state index in [4.69, 9.17) is 0 Å². The first-order valence-corrected chi connectivity index (χ1v) is 6.05. The first-order valence-electron chi connectivity index (χ1n) is 6.05. The molecule has 0 saturated carbocycles. The maximum atomic E-state index is 11.4. The van der Waals surface area contributed by atoms with Gasteiger partial charge in [0, 0.05) is 17.1 Å². The summed E-state index contributed by atoms with van der Waals surface area (Å²) < 4.78 is 4.65. The molecule has 0 amide bonds. The minimum absolute atomic E-state index is 0.0388. The maximum Gasteiger partial charge on any atom is 0.327 e. The number of nitrogens with one attached hydrogen (secondary N) is 1. The summed E-state index contributed by atoms with van der Waals surface area (Å²) in [7, 11) is 1.31. The Bertz CT molecular complexity index is 669. The van der Waals surface area contributed by atoms with E-state index >= 15 is 0 Å². The fourth-order valence-corrected chi connectivity index (χ4v) is 2.04. The Morgan fingerprint density at radius 2 is 1.90 bits per heavy atom. The van der Waals surface area contributed by atoms with E-state index in [0.29, 0.717) is 16.5 Å². The second-order valence-corrected chi connectivity index (χ2v) is 4.32. The van der Waals surface area contributed by atoms with E-state index in [1.54, 1.807) is 37.3 Å². The quantitative estimate of drug-likeness (QED) is 0.526. The number of hydrogen-bond acceptors (Lipinski definition) is 5. The fourth-order valence-electron chi connectivity index (χ4n) is 2.04. The predicted molar refractivity (Wildman–Crippen MR) is 75.7 cm³/mol. The van der Waals surface area contributed by atoms with Gasteiger partial charge in [-0.3, -0.25) is 10.1 Å². The highest BCUT2D eigenvalue weighted by Gasteiger charge is 2.17. The minimum atomic E-state index is -0.537. The molecule has 1 atom stereocenters. The summed E-state index contributed by atoms with van der Waals surface area (Å²) in [6, 6.07) is 9.47. The molecule has 0 unspecified atom stereocenters. The summed E-state index contributed by atoms with van der Waals surface area (Å²) >= 11 is 0. The maximum absolute atomic E-state index is 11.4. The first-order chi connectivity index (χ1) is 9.54. The van der Waals surface area contributed by atoms with Gasteiger partial charge < -0.3 is 10.1 Å². The number of esters is 1. The SMILES string of the molecule is COC(=O)[C@H](C)Nc1ccc([N+](=O)[O-])c2ccccc12. The molecule has 6 nitrogen and oxygen atoms in total. The van der Waals surface area contributed by atoms with Crippen LogP contribution in [0.2, 0.25) is 0 Å². The molecule has 0 spiro atoms. The number of carbonyl (C=O) groups is 1. The topological polar surface area (TPSA) is 81.5 Å². The van der Waals surface area contributed by atoms with Gasteiger partial charge in [0.1, 0.15) is 6.04 Å². The molecule has 0 aliphatic carbocycles. The molecule has 6 heteroatoms. The van der Waals surface area contributed by atoms with E-state index in [1.807, 2.05) is 0 Å². The Labute approximate surface area is 115 Å². The molecule has 1 N–H and O–H groups in total. The Morgan fingerprint density at radius 3 is 2.50 bits per heavy atom. The molecule has 0 bridgehead atoms. The number of carbonyl (C=O) groups excluding carboxylic acids is 1. The summed E-state index contributed by atoms with van der Waals surface area (Å²) in [5, 5.41) is 15.2. The van der Waals surface area contributed by atoms with Crippen LogP contribution in [0, 0.1) is 10.1 Å². The average molecular weight is 274 g/mol. The summed E-state index contributed by atoms with van der Waals surface area (Å²) in [6.45, 7) is 1.67. The smallest absolute Gasteiger partial charge is 0.327 e. The number of hydrogen-bond donors (Lipinski definition) is 1. The number of benzene rings is 2. The standard InChI is InChI=1S/C14H14N2O4/c1-9(14(17)20-2)15-12-7-8-13(16(18)19)11-6-4-3-5-10(11)12/h3-9,15H,1-2H3/t9-/m0/s1. The van der Waals surface area contributed by atoms with Gasteiger partial charge in [0.15, 0.2) is 0 Å². The molecule has 0 aliphatic rings. The number of methoxy groups -OCH3 is 1. The van der Waals surface area contributed by atoms with E-state index in [2.05, 4.69) is 10.1 Å². The van der Waals surface area contributed by atoms with Crippen molar-refractivity contribution in [3.05, 3.63) is 46.5 Å². The third-order valence-corrected chi connectivity index (χ3v) is 3.02. The minimum Gasteiger partial charge on any atom is -0.467 e. The largest absolute Gasteiger partial charge is 0.467 e. The lowest BCUT2D eigenvalue weighted by Gasteiger charge is -2.14. The molecule has 104 valence electrons. The van der Waals surface area contributed by atoms with Crippen molar-refractivity contribution in [2.75, 3.05) is 12.4 Å². The third kappa shape index (κ3) is 2.54. The monoisotopic (exact) mass is 274 g/mol. The lowest BCUT2D eigenvalue weighted by atomic mass is 10.1. The summed E-state index contributed by atoms with van der Waals surface area (Å²) in [4.78, 5) is 22.0. The summed E-state index contributed by atoms with van der Waals surface area (Å²) in [5.41, 5.74) is 0.695. The molecule has 2 aromatic carbocycles. The number of rotatable bonds is 4. The van der Waals surface area contributed by atoms with Crippen molar-refractivity contribution in [3.63, 3.8) is 0 Å². The van der Waals surface area contributed by atoms with Crippen molar-refractivity contribution in [2.24, 2.45) is 0 Å². The molecule has 0 radical (unpaired) electrons. The van der Waals surface area contributed by atoms with Crippen molar-refractivity contribution < 1.29 is 14.5 Å². The molecule has 0 saturated heterocycles. The van der Waals surface area contributed by atoms with Crippen molar-refractivity contribution in [1.82, 2.24) is 0 Å². The van der Waals surface area contributed by atoms with Crippen LogP contribution in [-0.4, -0.2) is 24.0 Å². The number of nitro benzene ring substituents is 1. The van der Waals surface area contributed by atoms with Crippen LogP contribution in [-0.2, 0) is 9.53 Å². The molecular weight excluding hydrogens is 260 g/mol. The number of ether oxygens (including phenoxy) is 1. The van der Waals surface area contributed by atoms with Crippen LogP contribution in [0.4, 0.5) is 11.4 Å². The second kappa shape index (κ2) is 5.56. The normalized spacial score (nSPS) is 11.9. The van der Waals surface area contributed by atoms with Crippen molar-refractivity contribution in [1.29, 1.82) is 0 Å². The number of fused-ring (bicyclic) bond motifs is 1. The van der Waals surface area contributed by atoms with Gasteiger partial charge in [-0.25, -0.2) is 4.79 Å². The third-order valence-electron chi connectivity index (χ3n) is 3.02. The van der Waals surface area contributed by atoms with Crippen LogP contribution in [0.25, 0.3) is 10.8 Å². The van der Waals surface area contributed by atoms with E-state index in [9.17, 15) is 14.9 Å². The van der Waals surface area contributed by atoms with Gasteiger partial charge in [0.05, 0.1) is 17.4 Å². The van der Waals surface area contributed by atoms with E-state index in [0.717, 1.165) is 0 Å². The van der Waals surface area contributed by atoms with Crippen LogP contribution in [0.5, 0.6) is 0 Å². The van der Waals surface area contributed by atoms with Gasteiger partial charge in [-0.15, -0.1) is 0 Å². The average Bonchev–Trinajstić information content (AvgIpc) is 2.46. The zero-order valence-electron chi connectivity index (χ0n) is 11.1. The van der Waals surface area contributed by atoms with E-state index < -0.39 is 16.9 Å². The van der Waals surface area contributed by atoms with E-state index in [-0.39, 0.29) is 5.69 Å². The van der Waals surface area contributed by atoms with Crippen molar-refractivity contribution >= 4 is 28.1 Å². The molecule has 20 heavy (non-hydrogen) atoms. The number of non-ortho nitro benzene ring substituents is 1. The molecule has 0 fully saturated rings. The lowest BCUT2D eigenvalue weighted by Crippen LogP contribution is -2.27. The van der Waals surface area contributed by atoms with Crippen molar-refractivity contribution in [3.8, 4) is 0 Å². The van der Waals surface area contributed by atoms with Gasteiger partial charge in [0.25, 0.3) is 5.69 Å². The highest BCUT2D eigenvalue weighted by molar-refractivity contribution is 6.00. The second-order valence-electron chi connectivity index (χ2n) is 4.32. The van der Waals surface area contributed by atoms with Gasteiger partial charge in [-0.05, 0) is 19.1 Å². The van der Waals surface area contributed by atoms with Gasteiger partial charge in [0.2, 0.25) is 0 Å². The number of nitrogens with zero attached hydrogens (tertiary/aromatic N) is 1. The molecular formula is C14H14N2O4. The fraction of sp³-hybridized carbons (Fsp3) is 0.214. The first kappa shape index (κ1) is 13.8. The van der Waals surface area contributed by atoms with Gasteiger partial charge in [-0.2, -0.15) is 0 Å². The van der Waals surface area contributed by atoms with Crippen LogP contribution < -0.4 is 5.32 Å². The van der Waals surface area contributed by atoms with Crippen LogP contribution >= 0.6 is 0 Å². The molecule has 0 aliphatic heterocycles. The molecule has 2 rings (SSSR count). The van der Waals surface area contributed by atoms with Crippen LogP contribution in [0.15, 0.2) is 36.4 Å². The van der Waals surface area contributed by atoms with Gasteiger partial charge in [-0.1, -0.05) is 18.2 Å². The number of nitro groups is 1. The predicted octanol–water partition coefficient (Wildman–Crippen LogP) is 2.72. The van der Waals surface area contributed by atoms with Gasteiger partial charge >= 0.3 is 5.97 Å². The molecule has 0 heterocycles. The highest BCUT2D eigenvalue weighted by atomic mass is 16.6. The highest BCUT2D eigenvalue weighted by Crippen LogP contribution is 2.31. The zero-order chi connectivity index (χ0) is 14.7. The molecule has 0 aromatic heterocycles. The van der Waals surface area contributed by atoms with Crippen LogP contribution in [0.3, 0.4) is 0 Å². The summed E-state index contributed by atoms with van der Waals surface area (Å²) in [6.07, 6.45) is 0. The Hall–Kier alpha value is -2.63. The van der Waals surface area contributed by atoms with Crippen LogP contribution in [0.1, 0.15) is 6.92 Å². The Balaban J connectivity index is 2.48.